The number of amides is 1. The van der Waals surface area contributed by atoms with Crippen LogP contribution in [0.15, 0.2) is 0 Å². The molecule has 0 aliphatic carbocycles. The Morgan fingerprint density at radius 3 is 2.72 bits per heavy atom. The molecule has 2 N–H and O–H groups in total. The molecule has 1 heterocycles. The molecule has 1 aliphatic rings. The molecule has 0 aromatic rings. The van der Waals surface area contributed by atoms with Crippen LogP contribution in [0.25, 0.3) is 0 Å². The molecule has 2 atom stereocenters. The zero-order chi connectivity index (χ0) is 13.5. The second-order valence-electron chi connectivity index (χ2n) is 4.99. The molecule has 2 unspecified atom stereocenters. The average Bonchev–Trinajstić information content (AvgIpc) is 2.34. The lowest BCUT2D eigenvalue weighted by Gasteiger charge is -2.33. The largest absolute Gasteiger partial charge is 0.480 e. The summed E-state index contributed by atoms with van der Waals surface area (Å²) in [6.45, 7) is 4.92. The number of carboxylic acids is 1. The highest BCUT2D eigenvalue weighted by atomic mass is 16.4. The van der Waals surface area contributed by atoms with Crippen LogP contribution in [0.2, 0.25) is 0 Å². The third-order valence-corrected chi connectivity index (χ3v) is 3.50. The minimum Gasteiger partial charge on any atom is -0.480 e. The van der Waals surface area contributed by atoms with E-state index in [-0.39, 0.29) is 18.5 Å². The fraction of sp³-hybridized carbons (Fsp3) is 0.846. The van der Waals surface area contributed by atoms with Crippen LogP contribution in [0, 0.1) is 0 Å². The van der Waals surface area contributed by atoms with Crippen molar-refractivity contribution in [3.63, 3.8) is 0 Å². The number of nitrogens with one attached hydrogen (secondary N) is 1. The van der Waals surface area contributed by atoms with Crippen LogP contribution in [-0.2, 0) is 9.59 Å². The van der Waals surface area contributed by atoms with Crippen LogP contribution in [0.4, 0.5) is 0 Å². The second kappa shape index (κ2) is 7.36. The molecule has 0 spiro atoms. The summed E-state index contributed by atoms with van der Waals surface area (Å²) in [7, 11) is 0. The summed E-state index contributed by atoms with van der Waals surface area (Å²) in [5.41, 5.74) is 0. The second-order valence-corrected chi connectivity index (χ2v) is 4.99. The Labute approximate surface area is 109 Å². The Morgan fingerprint density at radius 2 is 2.17 bits per heavy atom. The van der Waals surface area contributed by atoms with Crippen LogP contribution in [0.3, 0.4) is 0 Å². The van der Waals surface area contributed by atoms with Crippen LogP contribution < -0.4 is 5.32 Å². The van der Waals surface area contributed by atoms with Gasteiger partial charge in [0, 0.05) is 12.6 Å². The number of hydrogen-bond acceptors (Lipinski definition) is 3. The number of carboxylic acid groups (broad SMARTS) is 1. The van der Waals surface area contributed by atoms with Crippen molar-refractivity contribution < 1.29 is 14.7 Å². The highest BCUT2D eigenvalue weighted by molar-refractivity contribution is 5.80. The van der Waals surface area contributed by atoms with Crippen LogP contribution >= 0.6 is 0 Å². The molecule has 0 bridgehead atoms. The molecule has 1 amide bonds. The van der Waals surface area contributed by atoms with Gasteiger partial charge in [0.2, 0.25) is 5.91 Å². The van der Waals surface area contributed by atoms with Gasteiger partial charge >= 0.3 is 5.97 Å². The van der Waals surface area contributed by atoms with Gasteiger partial charge in [-0.05, 0) is 32.6 Å². The fourth-order valence-corrected chi connectivity index (χ4v) is 2.38. The van der Waals surface area contributed by atoms with E-state index in [1.807, 2.05) is 11.8 Å². The van der Waals surface area contributed by atoms with Crippen molar-refractivity contribution in [2.75, 3.05) is 13.1 Å². The number of rotatable bonds is 6. The Kier molecular flexibility index (Phi) is 6.12. The van der Waals surface area contributed by atoms with Crippen LogP contribution in [0.1, 0.15) is 46.0 Å². The summed E-state index contributed by atoms with van der Waals surface area (Å²) < 4.78 is 0. The third-order valence-electron chi connectivity index (χ3n) is 3.50. The van der Waals surface area contributed by atoms with E-state index in [1.54, 1.807) is 0 Å². The minimum absolute atomic E-state index is 0.0181. The standard InChI is InChI=1S/C13H24N2O3/c1-3-6-11(13(17)18)14-9-12(16)15-8-5-4-7-10(15)2/h10-11,14H,3-9H2,1-2H3,(H,17,18). The maximum absolute atomic E-state index is 12.0. The van der Waals surface area contributed by atoms with Gasteiger partial charge in [-0.25, -0.2) is 0 Å². The molecule has 18 heavy (non-hydrogen) atoms. The number of carbonyl (C=O) groups excluding carboxylic acids is 1. The first kappa shape index (κ1) is 15.0. The first-order valence-electron chi connectivity index (χ1n) is 6.82. The van der Waals surface area contributed by atoms with Crippen molar-refractivity contribution in [1.29, 1.82) is 0 Å². The molecule has 0 aromatic carbocycles. The summed E-state index contributed by atoms with van der Waals surface area (Å²) >= 11 is 0. The summed E-state index contributed by atoms with van der Waals surface area (Å²) in [4.78, 5) is 24.8. The van der Waals surface area contributed by atoms with E-state index in [2.05, 4.69) is 12.2 Å². The first-order chi connectivity index (χ1) is 8.56. The normalized spacial score (nSPS) is 21.7. The molecule has 0 aromatic heterocycles. The quantitative estimate of drug-likeness (QED) is 0.750. The Bertz CT molecular complexity index is 294. The molecule has 5 heteroatoms. The molecule has 1 fully saturated rings. The SMILES string of the molecule is CCCC(NCC(=O)N1CCCCC1C)C(=O)O. The van der Waals surface area contributed by atoms with Crippen molar-refractivity contribution in [2.45, 2.75) is 58.0 Å². The zero-order valence-electron chi connectivity index (χ0n) is 11.3. The summed E-state index contributed by atoms with van der Waals surface area (Å²) in [6, 6.07) is -0.332. The molecule has 1 saturated heterocycles. The van der Waals surface area contributed by atoms with Gasteiger partial charge in [-0.3, -0.25) is 14.9 Å². The average molecular weight is 256 g/mol. The lowest BCUT2D eigenvalue weighted by Crippen LogP contribution is -2.48. The van der Waals surface area contributed by atoms with Crippen molar-refractivity contribution in [2.24, 2.45) is 0 Å². The van der Waals surface area contributed by atoms with E-state index in [9.17, 15) is 9.59 Å². The summed E-state index contributed by atoms with van der Waals surface area (Å²) in [6.07, 6.45) is 4.61. The molecule has 0 saturated carbocycles. The lowest BCUT2D eigenvalue weighted by atomic mass is 10.0. The smallest absolute Gasteiger partial charge is 0.320 e. The number of likely N-dealkylation sites (tertiary alicyclic amines) is 1. The Morgan fingerprint density at radius 1 is 1.44 bits per heavy atom. The van der Waals surface area contributed by atoms with E-state index < -0.39 is 12.0 Å². The van der Waals surface area contributed by atoms with Gasteiger partial charge in [-0.2, -0.15) is 0 Å². The maximum atomic E-state index is 12.0. The molecule has 104 valence electrons. The fourth-order valence-electron chi connectivity index (χ4n) is 2.38. The number of carbonyl (C=O) groups is 2. The number of piperidine rings is 1. The van der Waals surface area contributed by atoms with Crippen molar-refractivity contribution >= 4 is 11.9 Å². The van der Waals surface area contributed by atoms with Gasteiger partial charge in [-0.15, -0.1) is 0 Å². The van der Waals surface area contributed by atoms with E-state index in [0.717, 1.165) is 25.8 Å². The topological polar surface area (TPSA) is 69.6 Å². The highest BCUT2D eigenvalue weighted by Crippen LogP contribution is 2.16. The molecule has 0 radical (unpaired) electrons. The van der Waals surface area contributed by atoms with Gasteiger partial charge in [0.05, 0.1) is 6.54 Å². The maximum Gasteiger partial charge on any atom is 0.320 e. The van der Waals surface area contributed by atoms with Crippen molar-refractivity contribution in [1.82, 2.24) is 10.2 Å². The van der Waals surface area contributed by atoms with Crippen molar-refractivity contribution in [3.8, 4) is 0 Å². The van der Waals surface area contributed by atoms with Crippen LogP contribution in [0.5, 0.6) is 0 Å². The first-order valence-corrected chi connectivity index (χ1v) is 6.82. The van der Waals surface area contributed by atoms with Crippen molar-refractivity contribution in [3.05, 3.63) is 0 Å². The lowest BCUT2D eigenvalue weighted by molar-refractivity contribution is -0.140. The molecule has 1 aliphatic heterocycles. The molecule has 5 nitrogen and oxygen atoms in total. The van der Waals surface area contributed by atoms with E-state index in [0.29, 0.717) is 6.42 Å². The van der Waals surface area contributed by atoms with Gasteiger partial charge in [0.25, 0.3) is 0 Å². The van der Waals surface area contributed by atoms with Gasteiger partial charge in [0.15, 0.2) is 0 Å². The van der Waals surface area contributed by atoms with E-state index >= 15 is 0 Å². The summed E-state index contributed by atoms with van der Waals surface area (Å²) in [5, 5.41) is 11.8. The highest BCUT2D eigenvalue weighted by Gasteiger charge is 2.24. The van der Waals surface area contributed by atoms with Gasteiger partial charge < -0.3 is 10.0 Å². The summed E-state index contributed by atoms with van der Waals surface area (Å²) in [5.74, 6) is -0.860. The van der Waals surface area contributed by atoms with Crippen LogP contribution in [-0.4, -0.2) is 47.1 Å². The number of hydrogen-bond donors (Lipinski definition) is 2. The Balaban J connectivity index is 2.41. The predicted molar refractivity (Wildman–Crippen MR) is 69.4 cm³/mol. The van der Waals surface area contributed by atoms with E-state index in [4.69, 9.17) is 5.11 Å². The monoisotopic (exact) mass is 256 g/mol. The van der Waals surface area contributed by atoms with E-state index in [1.165, 1.54) is 6.42 Å². The Hall–Kier alpha value is -1.10. The number of nitrogens with zero attached hydrogens (tertiary/aromatic N) is 1. The zero-order valence-corrected chi connectivity index (χ0v) is 11.3. The number of aliphatic carboxylic acids is 1. The molecular weight excluding hydrogens is 232 g/mol. The van der Waals surface area contributed by atoms with Gasteiger partial charge in [-0.1, -0.05) is 13.3 Å². The predicted octanol–water partition coefficient (Wildman–Crippen LogP) is 1.23. The minimum atomic E-state index is -0.878. The van der Waals surface area contributed by atoms with Gasteiger partial charge in [0.1, 0.15) is 6.04 Å². The third kappa shape index (κ3) is 4.29. The molecular formula is C13H24N2O3. The molecule has 1 rings (SSSR count).